The smallest absolute Gasteiger partial charge is 0.407 e. The summed E-state index contributed by atoms with van der Waals surface area (Å²) in [5.41, 5.74) is -0.520. The SMILES string of the molecule is C/C=C/C(O)[C@H](CC)NC(=O)OC(C)(C)C. The third-order valence-electron chi connectivity index (χ3n) is 1.94. The molecule has 0 aromatic heterocycles. The lowest BCUT2D eigenvalue weighted by Crippen LogP contribution is -2.44. The lowest BCUT2D eigenvalue weighted by atomic mass is 10.1. The van der Waals surface area contributed by atoms with E-state index in [0.29, 0.717) is 6.42 Å². The summed E-state index contributed by atoms with van der Waals surface area (Å²) in [5.74, 6) is 0. The van der Waals surface area contributed by atoms with Crippen LogP contribution in [0.5, 0.6) is 0 Å². The van der Waals surface area contributed by atoms with E-state index in [1.807, 2.05) is 13.8 Å². The van der Waals surface area contributed by atoms with Crippen molar-refractivity contribution in [3.63, 3.8) is 0 Å². The largest absolute Gasteiger partial charge is 0.444 e. The Morgan fingerprint density at radius 3 is 2.44 bits per heavy atom. The fourth-order valence-electron chi connectivity index (χ4n) is 1.22. The number of nitrogens with one attached hydrogen (secondary N) is 1. The summed E-state index contributed by atoms with van der Waals surface area (Å²) < 4.78 is 5.11. The number of hydrogen-bond donors (Lipinski definition) is 2. The second-order valence-electron chi connectivity index (χ2n) is 4.68. The number of rotatable bonds is 4. The molecule has 1 amide bonds. The van der Waals surface area contributed by atoms with E-state index in [0.717, 1.165) is 0 Å². The minimum Gasteiger partial charge on any atom is -0.444 e. The summed E-state index contributed by atoms with van der Waals surface area (Å²) in [6.07, 6.45) is 2.87. The molecule has 4 heteroatoms. The molecular weight excluding hydrogens is 206 g/mol. The number of amides is 1. The third kappa shape index (κ3) is 6.45. The van der Waals surface area contributed by atoms with Gasteiger partial charge in [0.15, 0.2) is 0 Å². The minimum atomic E-state index is -0.678. The molecule has 0 aromatic rings. The number of aliphatic hydroxyl groups is 1. The van der Waals surface area contributed by atoms with Gasteiger partial charge in [0.25, 0.3) is 0 Å². The first-order chi connectivity index (χ1) is 7.30. The van der Waals surface area contributed by atoms with Gasteiger partial charge in [0.1, 0.15) is 5.60 Å². The Balaban J connectivity index is 4.27. The van der Waals surface area contributed by atoms with E-state index < -0.39 is 17.8 Å². The molecule has 0 bridgehead atoms. The number of allylic oxidation sites excluding steroid dienone is 1. The lowest BCUT2D eigenvalue weighted by molar-refractivity contribution is 0.0452. The second kappa shape index (κ2) is 6.53. The highest BCUT2D eigenvalue weighted by atomic mass is 16.6. The summed E-state index contributed by atoms with van der Waals surface area (Å²) in [6, 6.07) is -0.314. The monoisotopic (exact) mass is 229 g/mol. The van der Waals surface area contributed by atoms with Crippen molar-refractivity contribution < 1.29 is 14.6 Å². The number of carbonyl (C=O) groups is 1. The van der Waals surface area contributed by atoms with Crippen LogP contribution in [0.2, 0.25) is 0 Å². The Hall–Kier alpha value is -1.03. The van der Waals surface area contributed by atoms with Crippen LogP contribution >= 0.6 is 0 Å². The van der Waals surface area contributed by atoms with Gasteiger partial charge in [-0.1, -0.05) is 19.1 Å². The van der Waals surface area contributed by atoms with Gasteiger partial charge in [0.05, 0.1) is 12.1 Å². The number of alkyl carbamates (subject to hydrolysis) is 1. The van der Waals surface area contributed by atoms with Crippen LogP contribution in [0.3, 0.4) is 0 Å². The van der Waals surface area contributed by atoms with Gasteiger partial charge in [-0.15, -0.1) is 0 Å². The van der Waals surface area contributed by atoms with Crippen LogP contribution in [-0.2, 0) is 4.74 Å². The molecule has 0 aromatic carbocycles. The Labute approximate surface area is 97.7 Å². The topological polar surface area (TPSA) is 58.6 Å². The van der Waals surface area contributed by atoms with Crippen LogP contribution in [0.4, 0.5) is 4.79 Å². The van der Waals surface area contributed by atoms with E-state index in [1.54, 1.807) is 32.9 Å². The maximum Gasteiger partial charge on any atom is 0.407 e. The van der Waals surface area contributed by atoms with Crippen molar-refractivity contribution >= 4 is 6.09 Å². The van der Waals surface area contributed by atoms with E-state index in [9.17, 15) is 9.90 Å². The summed E-state index contributed by atoms with van der Waals surface area (Å²) in [4.78, 5) is 11.5. The van der Waals surface area contributed by atoms with Gasteiger partial charge in [-0.25, -0.2) is 4.79 Å². The van der Waals surface area contributed by atoms with Gasteiger partial charge in [-0.2, -0.15) is 0 Å². The number of ether oxygens (including phenoxy) is 1. The van der Waals surface area contributed by atoms with Crippen LogP contribution in [0.25, 0.3) is 0 Å². The molecule has 0 heterocycles. The Morgan fingerprint density at radius 1 is 1.50 bits per heavy atom. The molecule has 0 spiro atoms. The lowest BCUT2D eigenvalue weighted by Gasteiger charge is -2.24. The van der Waals surface area contributed by atoms with E-state index in [2.05, 4.69) is 5.32 Å². The summed E-state index contributed by atoms with van der Waals surface area (Å²) in [5, 5.41) is 12.3. The van der Waals surface area contributed by atoms with Gasteiger partial charge < -0.3 is 15.2 Å². The Kier molecular flexibility index (Phi) is 6.11. The first-order valence-corrected chi connectivity index (χ1v) is 5.60. The Bertz CT molecular complexity index is 243. The number of carbonyl (C=O) groups excluding carboxylic acids is 1. The predicted octanol–water partition coefficient (Wildman–Crippen LogP) is 2.23. The van der Waals surface area contributed by atoms with Crippen molar-refractivity contribution in [3.05, 3.63) is 12.2 Å². The summed E-state index contributed by atoms with van der Waals surface area (Å²) in [7, 11) is 0. The number of hydrogen-bond acceptors (Lipinski definition) is 3. The molecule has 0 aliphatic heterocycles. The molecule has 0 saturated heterocycles. The van der Waals surface area contributed by atoms with Crippen molar-refractivity contribution in [1.82, 2.24) is 5.32 Å². The fraction of sp³-hybridized carbons (Fsp3) is 0.750. The van der Waals surface area contributed by atoms with Crippen molar-refractivity contribution in [2.24, 2.45) is 0 Å². The first-order valence-electron chi connectivity index (χ1n) is 5.60. The highest BCUT2D eigenvalue weighted by Crippen LogP contribution is 2.08. The Morgan fingerprint density at radius 2 is 2.06 bits per heavy atom. The first kappa shape index (κ1) is 15.0. The molecule has 0 aliphatic rings. The minimum absolute atomic E-state index is 0.314. The predicted molar refractivity (Wildman–Crippen MR) is 64.3 cm³/mol. The van der Waals surface area contributed by atoms with Gasteiger partial charge in [-0.3, -0.25) is 0 Å². The normalized spacial score (nSPS) is 15.9. The molecule has 1 unspecified atom stereocenters. The van der Waals surface area contributed by atoms with Crippen LogP contribution < -0.4 is 5.32 Å². The van der Waals surface area contributed by atoms with Gasteiger partial charge in [0.2, 0.25) is 0 Å². The third-order valence-corrected chi connectivity index (χ3v) is 1.94. The highest BCUT2D eigenvalue weighted by molar-refractivity contribution is 5.68. The zero-order valence-corrected chi connectivity index (χ0v) is 10.8. The molecule has 4 nitrogen and oxygen atoms in total. The van der Waals surface area contributed by atoms with Crippen molar-refractivity contribution in [2.45, 2.75) is 58.8 Å². The maximum atomic E-state index is 11.5. The van der Waals surface area contributed by atoms with Crippen molar-refractivity contribution in [2.75, 3.05) is 0 Å². The van der Waals surface area contributed by atoms with Crippen molar-refractivity contribution in [3.8, 4) is 0 Å². The van der Waals surface area contributed by atoms with Crippen molar-refractivity contribution in [1.29, 1.82) is 0 Å². The molecule has 0 fully saturated rings. The van der Waals surface area contributed by atoms with E-state index in [4.69, 9.17) is 4.74 Å². The quantitative estimate of drug-likeness (QED) is 0.727. The van der Waals surface area contributed by atoms with Gasteiger partial charge >= 0.3 is 6.09 Å². The summed E-state index contributed by atoms with van der Waals surface area (Å²) >= 11 is 0. The highest BCUT2D eigenvalue weighted by Gasteiger charge is 2.21. The van der Waals surface area contributed by atoms with E-state index in [-0.39, 0.29) is 6.04 Å². The second-order valence-corrected chi connectivity index (χ2v) is 4.68. The average Bonchev–Trinajstić information content (AvgIpc) is 2.11. The van der Waals surface area contributed by atoms with Crippen LogP contribution in [0.1, 0.15) is 41.0 Å². The molecule has 2 N–H and O–H groups in total. The van der Waals surface area contributed by atoms with E-state index >= 15 is 0 Å². The van der Waals surface area contributed by atoms with E-state index in [1.165, 1.54) is 0 Å². The summed E-state index contributed by atoms with van der Waals surface area (Å²) in [6.45, 7) is 9.12. The van der Waals surface area contributed by atoms with Gasteiger partial charge in [-0.05, 0) is 34.1 Å². The molecule has 0 aliphatic carbocycles. The van der Waals surface area contributed by atoms with Crippen LogP contribution in [-0.4, -0.2) is 28.9 Å². The molecule has 94 valence electrons. The molecular formula is C12H23NO3. The van der Waals surface area contributed by atoms with Crippen LogP contribution in [0, 0.1) is 0 Å². The van der Waals surface area contributed by atoms with Crippen LogP contribution in [0.15, 0.2) is 12.2 Å². The molecule has 2 atom stereocenters. The zero-order valence-electron chi connectivity index (χ0n) is 10.8. The zero-order chi connectivity index (χ0) is 12.8. The fourth-order valence-corrected chi connectivity index (χ4v) is 1.22. The number of aliphatic hydroxyl groups excluding tert-OH is 1. The standard InChI is InChI=1S/C12H23NO3/c1-6-8-10(14)9(7-2)13-11(15)16-12(3,4)5/h6,8-10,14H,7H2,1-5H3,(H,13,15)/b8-6+/t9-,10?/m0/s1. The maximum absolute atomic E-state index is 11.5. The average molecular weight is 229 g/mol. The molecule has 0 radical (unpaired) electrons. The molecule has 16 heavy (non-hydrogen) atoms. The van der Waals surface area contributed by atoms with Gasteiger partial charge in [0, 0.05) is 0 Å². The molecule has 0 rings (SSSR count). The molecule has 0 saturated carbocycles.